The van der Waals surface area contributed by atoms with Gasteiger partial charge in [-0.15, -0.1) is 0 Å². The summed E-state index contributed by atoms with van der Waals surface area (Å²) in [7, 11) is 1.70. The van der Waals surface area contributed by atoms with Crippen molar-refractivity contribution in [1.29, 1.82) is 0 Å². The SMILES string of the molecule is CC.COCC1OC(C)(C(C)C)c2c(C)ccnc21.Cc1ccnc2c1C(C(C)C)(C(C)C)OC21CC1. The minimum atomic E-state index is -0.253. The number of aromatic nitrogens is 2. The van der Waals surface area contributed by atoms with Crippen molar-refractivity contribution in [3.05, 3.63) is 58.2 Å². The summed E-state index contributed by atoms with van der Waals surface area (Å²) in [6.45, 7) is 24.5. The van der Waals surface area contributed by atoms with Gasteiger partial charge in [0.05, 0.1) is 23.6 Å². The van der Waals surface area contributed by atoms with E-state index in [2.05, 4.69) is 84.4 Å². The summed E-state index contributed by atoms with van der Waals surface area (Å²) in [6.07, 6.45) is 6.03. The molecule has 2 unspecified atom stereocenters. The molecule has 4 heterocycles. The maximum atomic E-state index is 6.66. The molecule has 5 heteroatoms. The van der Waals surface area contributed by atoms with Gasteiger partial charge in [0.25, 0.3) is 0 Å². The number of fused-ring (bicyclic) bond motifs is 3. The van der Waals surface area contributed by atoms with Crippen molar-refractivity contribution in [3.63, 3.8) is 0 Å². The second kappa shape index (κ2) is 11.1. The van der Waals surface area contributed by atoms with E-state index in [9.17, 15) is 0 Å². The smallest absolute Gasteiger partial charge is 0.124 e. The Hall–Kier alpha value is -1.82. The second-order valence-electron chi connectivity index (χ2n) is 11.8. The Kier molecular flexibility index (Phi) is 8.93. The summed E-state index contributed by atoms with van der Waals surface area (Å²) in [6, 6.07) is 4.18. The van der Waals surface area contributed by atoms with Crippen LogP contribution in [0.5, 0.6) is 0 Å². The van der Waals surface area contributed by atoms with Gasteiger partial charge < -0.3 is 14.2 Å². The summed E-state index contributed by atoms with van der Waals surface area (Å²) in [5.41, 5.74) is 7.05. The minimum absolute atomic E-state index is 0.0395. The van der Waals surface area contributed by atoms with Crippen molar-refractivity contribution < 1.29 is 14.2 Å². The van der Waals surface area contributed by atoms with E-state index >= 15 is 0 Å². The van der Waals surface area contributed by atoms with E-state index in [1.165, 1.54) is 27.9 Å². The summed E-state index contributed by atoms with van der Waals surface area (Å²) in [5, 5.41) is 0. The Morgan fingerprint density at radius 1 is 0.892 bits per heavy atom. The van der Waals surface area contributed by atoms with Crippen molar-refractivity contribution in [2.75, 3.05) is 13.7 Å². The van der Waals surface area contributed by atoms with Crippen molar-refractivity contribution in [3.8, 4) is 0 Å². The molecule has 0 aromatic carbocycles. The lowest BCUT2D eigenvalue weighted by Gasteiger charge is -2.39. The molecule has 2 aliphatic heterocycles. The quantitative estimate of drug-likeness (QED) is 0.409. The molecule has 0 N–H and O–H groups in total. The number of methoxy groups -OCH3 is 1. The number of nitrogens with zero attached hydrogens (tertiary/aromatic N) is 2. The van der Waals surface area contributed by atoms with Crippen LogP contribution in [0.25, 0.3) is 0 Å². The molecule has 5 nitrogen and oxygen atoms in total. The number of ether oxygens (including phenoxy) is 3. The molecule has 0 amide bonds. The number of pyridine rings is 2. The first-order valence-electron chi connectivity index (χ1n) is 14.2. The molecular weight excluding hydrogens is 460 g/mol. The average molecular weight is 511 g/mol. The van der Waals surface area contributed by atoms with Crippen molar-refractivity contribution >= 4 is 0 Å². The standard InChI is InChI=1S/C16H23NO.C14H21NO2.C2H6/c1-10(2)16(11(3)4)13-12(5)6-9-17-14(13)15(18-16)7-8-15;1-9(2)14(4)12-10(3)6-7-15-13(12)11(17-14)8-16-5;1-2/h6,9-11H,7-8H2,1-5H3;6-7,9,11H,8H2,1-5H3;1-2H3. The Bertz CT molecular complexity index is 1070. The normalized spacial score (nSPS) is 23.9. The highest BCUT2D eigenvalue weighted by molar-refractivity contribution is 5.45. The third-order valence-corrected chi connectivity index (χ3v) is 8.56. The first kappa shape index (κ1) is 29.7. The van der Waals surface area contributed by atoms with Crippen LogP contribution in [0.2, 0.25) is 0 Å². The highest BCUT2D eigenvalue weighted by Gasteiger charge is 2.63. The molecule has 3 aliphatic rings. The van der Waals surface area contributed by atoms with Gasteiger partial charge in [-0.1, -0.05) is 55.4 Å². The number of hydrogen-bond acceptors (Lipinski definition) is 5. The van der Waals surface area contributed by atoms with Crippen LogP contribution in [0.15, 0.2) is 24.5 Å². The van der Waals surface area contributed by atoms with Gasteiger partial charge >= 0.3 is 0 Å². The third-order valence-electron chi connectivity index (χ3n) is 8.56. The van der Waals surface area contributed by atoms with Crippen LogP contribution in [0.1, 0.15) is 115 Å². The Morgan fingerprint density at radius 3 is 1.92 bits per heavy atom. The highest BCUT2D eigenvalue weighted by atomic mass is 16.5. The predicted molar refractivity (Wildman–Crippen MR) is 151 cm³/mol. The van der Waals surface area contributed by atoms with Gasteiger partial charge in [-0.2, -0.15) is 0 Å². The van der Waals surface area contributed by atoms with Gasteiger partial charge in [0.1, 0.15) is 17.3 Å². The molecule has 0 saturated heterocycles. The topological polar surface area (TPSA) is 53.5 Å². The molecule has 1 saturated carbocycles. The van der Waals surface area contributed by atoms with E-state index in [0.717, 1.165) is 18.5 Å². The number of aryl methyl sites for hydroxylation is 2. The zero-order valence-electron chi connectivity index (χ0n) is 25.4. The molecule has 206 valence electrons. The Morgan fingerprint density at radius 2 is 1.43 bits per heavy atom. The molecular formula is C32H50N2O3. The minimum Gasteiger partial charge on any atom is -0.382 e. The maximum absolute atomic E-state index is 6.66. The van der Waals surface area contributed by atoms with Gasteiger partial charge in [0.2, 0.25) is 0 Å². The van der Waals surface area contributed by atoms with E-state index < -0.39 is 0 Å². The predicted octanol–water partition coefficient (Wildman–Crippen LogP) is 7.92. The first-order valence-corrected chi connectivity index (χ1v) is 14.2. The van der Waals surface area contributed by atoms with Crippen molar-refractivity contribution in [1.82, 2.24) is 9.97 Å². The zero-order chi connectivity index (χ0) is 27.8. The van der Waals surface area contributed by atoms with Crippen molar-refractivity contribution in [2.45, 2.75) is 112 Å². The lowest BCUT2D eigenvalue weighted by molar-refractivity contribution is -0.148. The monoisotopic (exact) mass is 510 g/mol. The fourth-order valence-electron chi connectivity index (χ4n) is 6.32. The van der Waals surface area contributed by atoms with Gasteiger partial charge in [0.15, 0.2) is 0 Å². The average Bonchev–Trinajstić information content (AvgIpc) is 3.47. The van der Waals surface area contributed by atoms with Gasteiger partial charge in [0, 0.05) is 30.6 Å². The fourth-order valence-corrected chi connectivity index (χ4v) is 6.32. The van der Waals surface area contributed by atoms with Crippen LogP contribution in [-0.2, 0) is 31.0 Å². The highest BCUT2D eigenvalue weighted by Crippen LogP contribution is 2.64. The lowest BCUT2D eigenvalue weighted by Crippen LogP contribution is -2.39. The van der Waals surface area contributed by atoms with Gasteiger partial charge in [-0.05, 0) is 74.6 Å². The molecule has 2 aromatic heterocycles. The van der Waals surface area contributed by atoms with Crippen LogP contribution in [0, 0.1) is 31.6 Å². The van der Waals surface area contributed by atoms with Crippen molar-refractivity contribution in [2.24, 2.45) is 17.8 Å². The molecule has 2 atom stereocenters. The molecule has 1 fully saturated rings. The van der Waals surface area contributed by atoms with Gasteiger partial charge in [-0.25, -0.2) is 0 Å². The van der Waals surface area contributed by atoms with Crippen LogP contribution in [-0.4, -0.2) is 23.7 Å². The van der Waals surface area contributed by atoms with E-state index in [4.69, 9.17) is 14.2 Å². The lowest BCUT2D eigenvalue weighted by atomic mass is 9.74. The summed E-state index contributed by atoms with van der Waals surface area (Å²) < 4.78 is 18.1. The molecule has 0 bridgehead atoms. The maximum Gasteiger partial charge on any atom is 0.124 e. The summed E-state index contributed by atoms with van der Waals surface area (Å²) in [4.78, 5) is 9.16. The van der Waals surface area contributed by atoms with E-state index in [0.29, 0.717) is 24.4 Å². The van der Waals surface area contributed by atoms with Crippen LogP contribution in [0.3, 0.4) is 0 Å². The summed E-state index contributed by atoms with van der Waals surface area (Å²) >= 11 is 0. The number of hydrogen-bond donors (Lipinski definition) is 0. The van der Waals surface area contributed by atoms with E-state index in [1.807, 2.05) is 26.2 Å². The summed E-state index contributed by atoms with van der Waals surface area (Å²) in [5.74, 6) is 1.35. The largest absolute Gasteiger partial charge is 0.382 e. The van der Waals surface area contributed by atoms with Crippen LogP contribution < -0.4 is 0 Å². The van der Waals surface area contributed by atoms with Gasteiger partial charge in [-0.3, -0.25) is 9.97 Å². The molecule has 37 heavy (non-hydrogen) atoms. The van der Waals surface area contributed by atoms with E-state index in [1.54, 1.807) is 7.11 Å². The third kappa shape index (κ3) is 4.88. The Balaban J connectivity index is 0.000000193. The van der Waals surface area contributed by atoms with Crippen LogP contribution >= 0.6 is 0 Å². The zero-order valence-corrected chi connectivity index (χ0v) is 25.4. The Labute approximate surface area is 225 Å². The first-order chi connectivity index (χ1) is 17.4. The molecule has 1 aliphatic carbocycles. The van der Waals surface area contributed by atoms with E-state index in [-0.39, 0.29) is 22.9 Å². The molecule has 0 radical (unpaired) electrons. The molecule has 2 aromatic rings. The number of rotatable bonds is 5. The molecule has 1 spiro atoms. The van der Waals surface area contributed by atoms with Crippen LogP contribution in [0.4, 0.5) is 0 Å². The molecule has 5 rings (SSSR count). The fraction of sp³-hybridized carbons (Fsp3) is 0.688. The second-order valence-corrected chi connectivity index (χ2v) is 11.8.